The lowest BCUT2D eigenvalue weighted by Crippen LogP contribution is -2.54. The van der Waals surface area contributed by atoms with Gasteiger partial charge < -0.3 is 10.2 Å². The smallest absolute Gasteiger partial charge is 0.237 e. The Hall–Kier alpha value is -2.40. The van der Waals surface area contributed by atoms with E-state index in [1.54, 1.807) is 0 Å². The molecule has 0 aromatic heterocycles. The number of carbonyl (C=O) groups excluding carboxylic acids is 1. The van der Waals surface area contributed by atoms with Crippen molar-refractivity contribution >= 4 is 11.6 Å². The summed E-state index contributed by atoms with van der Waals surface area (Å²) in [5.41, 5.74) is 2.27. The number of anilines is 1. The van der Waals surface area contributed by atoms with Crippen LogP contribution in [0.3, 0.4) is 0 Å². The predicted molar refractivity (Wildman–Crippen MR) is 108 cm³/mol. The minimum atomic E-state index is -0.215. The number of rotatable bonds is 6. The highest BCUT2D eigenvalue weighted by Gasteiger charge is 2.25. The molecule has 1 amide bonds. The monoisotopic (exact) mass is 369 g/mol. The van der Waals surface area contributed by atoms with E-state index in [0.717, 1.165) is 31.9 Å². The highest BCUT2D eigenvalue weighted by atomic mass is 19.1. The Bertz CT molecular complexity index is 727. The fourth-order valence-electron chi connectivity index (χ4n) is 3.49. The Kier molecular flexibility index (Phi) is 6.45. The Morgan fingerprint density at radius 3 is 2.26 bits per heavy atom. The molecule has 27 heavy (non-hydrogen) atoms. The molecule has 5 heteroatoms. The largest absolute Gasteiger partial charge is 0.369 e. The lowest BCUT2D eigenvalue weighted by Gasteiger charge is -2.38. The Balaban J connectivity index is 1.46. The topological polar surface area (TPSA) is 35.6 Å². The van der Waals surface area contributed by atoms with Gasteiger partial charge in [-0.25, -0.2) is 4.39 Å². The van der Waals surface area contributed by atoms with Crippen LogP contribution in [-0.2, 0) is 4.79 Å². The number of nitrogens with one attached hydrogen (secondary N) is 1. The van der Waals surface area contributed by atoms with Crippen molar-refractivity contribution in [2.45, 2.75) is 25.8 Å². The standard InChI is InChI=1S/C22H28FN3O/c1-17(19-6-4-3-5-7-19)16-24-22(27)18(2)25-12-14-26(15-13-25)21-10-8-20(23)9-11-21/h3-11,17-18H,12-16H2,1-2H3,(H,24,27). The van der Waals surface area contributed by atoms with Crippen LogP contribution < -0.4 is 10.2 Å². The number of halogens is 1. The van der Waals surface area contributed by atoms with Crippen LogP contribution in [0.4, 0.5) is 10.1 Å². The third-order valence-corrected chi connectivity index (χ3v) is 5.38. The first kappa shape index (κ1) is 19.4. The zero-order valence-electron chi connectivity index (χ0n) is 16.1. The fraction of sp³-hybridized carbons (Fsp3) is 0.409. The SMILES string of the molecule is CC(CNC(=O)C(C)N1CCN(c2ccc(F)cc2)CC1)c1ccccc1. The van der Waals surface area contributed by atoms with Gasteiger partial charge in [-0.3, -0.25) is 9.69 Å². The van der Waals surface area contributed by atoms with Gasteiger partial charge >= 0.3 is 0 Å². The minimum Gasteiger partial charge on any atom is -0.369 e. The molecule has 0 aliphatic carbocycles. The quantitative estimate of drug-likeness (QED) is 0.849. The second-order valence-electron chi connectivity index (χ2n) is 7.23. The molecule has 1 saturated heterocycles. The lowest BCUT2D eigenvalue weighted by molar-refractivity contribution is -0.126. The molecule has 1 N–H and O–H groups in total. The van der Waals surface area contributed by atoms with Crippen LogP contribution in [0.1, 0.15) is 25.3 Å². The average molecular weight is 369 g/mol. The summed E-state index contributed by atoms with van der Waals surface area (Å²) in [6, 6.07) is 16.7. The maximum absolute atomic E-state index is 13.1. The van der Waals surface area contributed by atoms with E-state index in [1.807, 2.05) is 37.3 Å². The number of nitrogens with zero attached hydrogens (tertiary/aromatic N) is 2. The van der Waals surface area contributed by atoms with Crippen LogP contribution in [0.25, 0.3) is 0 Å². The van der Waals surface area contributed by atoms with Crippen LogP contribution in [0.5, 0.6) is 0 Å². The van der Waals surface area contributed by atoms with Crippen molar-refractivity contribution < 1.29 is 9.18 Å². The van der Waals surface area contributed by atoms with E-state index in [4.69, 9.17) is 0 Å². The molecular formula is C22H28FN3O. The van der Waals surface area contributed by atoms with Gasteiger partial charge in [0.2, 0.25) is 5.91 Å². The third-order valence-electron chi connectivity index (χ3n) is 5.38. The molecule has 2 atom stereocenters. The molecule has 3 rings (SSSR count). The molecule has 2 aromatic rings. The molecule has 0 radical (unpaired) electrons. The van der Waals surface area contributed by atoms with E-state index in [1.165, 1.54) is 17.7 Å². The first-order valence-electron chi connectivity index (χ1n) is 9.62. The highest BCUT2D eigenvalue weighted by molar-refractivity contribution is 5.81. The van der Waals surface area contributed by atoms with Crippen molar-refractivity contribution in [2.75, 3.05) is 37.6 Å². The van der Waals surface area contributed by atoms with Crippen LogP contribution in [0.15, 0.2) is 54.6 Å². The van der Waals surface area contributed by atoms with E-state index in [-0.39, 0.29) is 23.7 Å². The summed E-state index contributed by atoms with van der Waals surface area (Å²) in [4.78, 5) is 17.0. The van der Waals surface area contributed by atoms with E-state index in [9.17, 15) is 9.18 Å². The van der Waals surface area contributed by atoms with Gasteiger partial charge in [0.05, 0.1) is 6.04 Å². The molecular weight excluding hydrogens is 341 g/mol. The number of hydrogen-bond donors (Lipinski definition) is 1. The van der Waals surface area contributed by atoms with Gasteiger partial charge in [0.1, 0.15) is 5.82 Å². The summed E-state index contributed by atoms with van der Waals surface area (Å²) in [5, 5.41) is 3.09. The predicted octanol–water partition coefficient (Wildman–Crippen LogP) is 3.26. The lowest BCUT2D eigenvalue weighted by atomic mass is 10.0. The summed E-state index contributed by atoms with van der Waals surface area (Å²) >= 11 is 0. The summed E-state index contributed by atoms with van der Waals surface area (Å²) in [7, 11) is 0. The molecule has 0 bridgehead atoms. The second kappa shape index (κ2) is 9.00. The maximum atomic E-state index is 13.1. The summed E-state index contributed by atoms with van der Waals surface area (Å²) < 4.78 is 13.1. The van der Waals surface area contributed by atoms with Gasteiger partial charge in [0.15, 0.2) is 0 Å². The van der Waals surface area contributed by atoms with Gasteiger partial charge in [0.25, 0.3) is 0 Å². The Labute approximate surface area is 161 Å². The van der Waals surface area contributed by atoms with Crippen molar-refractivity contribution in [3.8, 4) is 0 Å². The van der Waals surface area contributed by atoms with Gasteiger partial charge in [-0.05, 0) is 42.7 Å². The van der Waals surface area contributed by atoms with Crippen LogP contribution >= 0.6 is 0 Å². The summed E-state index contributed by atoms with van der Waals surface area (Å²) in [6.45, 7) is 8.05. The van der Waals surface area contributed by atoms with Crippen molar-refractivity contribution in [1.29, 1.82) is 0 Å². The Morgan fingerprint density at radius 1 is 1.00 bits per heavy atom. The van der Waals surface area contributed by atoms with Gasteiger partial charge in [0, 0.05) is 38.4 Å². The highest BCUT2D eigenvalue weighted by Crippen LogP contribution is 2.18. The number of carbonyl (C=O) groups is 1. The molecule has 0 saturated carbocycles. The molecule has 1 aliphatic rings. The van der Waals surface area contributed by atoms with Crippen LogP contribution in [-0.4, -0.2) is 49.6 Å². The van der Waals surface area contributed by atoms with Crippen LogP contribution in [0, 0.1) is 5.82 Å². The molecule has 1 aliphatic heterocycles. The number of piperazine rings is 1. The molecule has 2 unspecified atom stereocenters. The first-order valence-corrected chi connectivity index (χ1v) is 9.62. The fourth-order valence-corrected chi connectivity index (χ4v) is 3.49. The van der Waals surface area contributed by atoms with Crippen molar-refractivity contribution in [3.63, 3.8) is 0 Å². The van der Waals surface area contributed by atoms with Gasteiger partial charge in [-0.15, -0.1) is 0 Å². The number of amides is 1. The average Bonchev–Trinajstić information content (AvgIpc) is 2.72. The second-order valence-corrected chi connectivity index (χ2v) is 7.23. The minimum absolute atomic E-state index is 0.0769. The third kappa shape index (κ3) is 5.07. The van der Waals surface area contributed by atoms with E-state index in [2.05, 4.69) is 34.2 Å². The molecule has 4 nitrogen and oxygen atoms in total. The van der Waals surface area contributed by atoms with Crippen LogP contribution in [0.2, 0.25) is 0 Å². The molecule has 1 fully saturated rings. The summed E-state index contributed by atoms with van der Waals surface area (Å²) in [6.07, 6.45) is 0. The zero-order chi connectivity index (χ0) is 19.2. The Morgan fingerprint density at radius 2 is 1.63 bits per heavy atom. The van der Waals surface area contributed by atoms with Crippen molar-refractivity contribution in [3.05, 3.63) is 66.0 Å². The molecule has 144 valence electrons. The number of hydrogen-bond acceptors (Lipinski definition) is 3. The summed E-state index contributed by atoms with van der Waals surface area (Å²) in [5.74, 6) is 0.151. The van der Waals surface area contributed by atoms with Gasteiger partial charge in [-0.1, -0.05) is 37.3 Å². The van der Waals surface area contributed by atoms with Gasteiger partial charge in [-0.2, -0.15) is 0 Å². The van der Waals surface area contributed by atoms with Crippen molar-refractivity contribution in [1.82, 2.24) is 10.2 Å². The normalized spacial score (nSPS) is 17.4. The molecule has 2 aromatic carbocycles. The van der Waals surface area contributed by atoms with Crippen molar-refractivity contribution in [2.24, 2.45) is 0 Å². The molecule has 0 spiro atoms. The first-order chi connectivity index (χ1) is 13.0. The molecule has 1 heterocycles. The maximum Gasteiger partial charge on any atom is 0.237 e. The van der Waals surface area contributed by atoms with E-state index < -0.39 is 0 Å². The van der Waals surface area contributed by atoms with E-state index in [0.29, 0.717) is 6.54 Å². The van der Waals surface area contributed by atoms with E-state index >= 15 is 0 Å². The number of benzene rings is 2. The zero-order valence-corrected chi connectivity index (χ0v) is 16.1.